The summed E-state index contributed by atoms with van der Waals surface area (Å²) in [5.41, 5.74) is 1.49. The molecule has 0 radical (unpaired) electrons. The highest BCUT2D eigenvalue weighted by molar-refractivity contribution is 6.06. The van der Waals surface area contributed by atoms with Crippen LogP contribution in [0.25, 0.3) is 10.9 Å². The molecule has 2 bridgehead atoms. The van der Waals surface area contributed by atoms with Gasteiger partial charge in [-0.3, -0.25) is 19.7 Å². The van der Waals surface area contributed by atoms with E-state index >= 15 is 0 Å². The molecule has 2 aliphatic rings. The lowest BCUT2D eigenvalue weighted by Gasteiger charge is -2.42. The number of carbonyl (C=O) groups is 1. The summed E-state index contributed by atoms with van der Waals surface area (Å²) in [7, 11) is 1.66. The molecule has 0 aliphatic carbocycles. The first-order chi connectivity index (χ1) is 15.5. The molecule has 0 spiro atoms. The van der Waals surface area contributed by atoms with E-state index in [1.807, 2.05) is 35.4 Å². The number of hydrogen-bond donors (Lipinski definition) is 0. The predicted octanol–water partition coefficient (Wildman–Crippen LogP) is 2.62. The fourth-order valence-electron chi connectivity index (χ4n) is 5.20. The third-order valence-corrected chi connectivity index (χ3v) is 6.65. The number of amides is 1. The topological polar surface area (TPSA) is 99.6 Å². The lowest BCUT2D eigenvalue weighted by atomic mass is 9.83. The van der Waals surface area contributed by atoms with Crippen molar-refractivity contribution in [2.75, 3.05) is 26.8 Å². The minimum atomic E-state index is -0.630. The van der Waals surface area contributed by atoms with Crippen molar-refractivity contribution >= 4 is 22.5 Å². The van der Waals surface area contributed by atoms with Gasteiger partial charge < -0.3 is 18.8 Å². The van der Waals surface area contributed by atoms with E-state index in [9.17, 15) is 19.7 Å². The van der Waals surface area contributed by atoms with Crippen LogP contribution in [0.5, 0.6) is 0 Å². The number of nitrogens with zero attached hydrogens (tertiary/aromatic N) is 4. The zero-order chi connectivity index (χ0) is 22.4. The van der Waals surface area contributed by atoms with Crippen molar-refractivity contribution in [3.63, 3.8) is 0 Å². The maximum absolute atomic E-state index is 13.5. The summed E-state index contributed by atoms with van der Waals surface area (Å²) in [6.45, 7) is 2.73. The van der Waals surface area contributed by atoms with Crippen LogP contribution >= 0.6 is 0 Å². The second-order valence-corrected chi connectivity index (χ2v) is 8.57. The number of pyridine rings is 1. The third kappa shape index (κ3) is 3.29. The Bertz CT molecular complexity index is 1280. The molecule has 9 nitrogen and oxygen atoms in total. The Balaban J connectivity index is 1.44. The number of rotatable bonds is 5. The highest BCUT2D eigenvalue weighted by Crippen LogP contribution is 2.36. The predicted molar refractivity (Wildman–Crippen MR) is 118 cm³/mol. The van der Waals surface area contributed by atoms with Crippen LogP contribution in [-0.2, 0) is 17.8 Å². The van der Waals surface area contributed by atoms with E-state index in [1.54, 1.807) is 13.2 Å². The van der Waals surface area contributed by atoms with Gasteiger partial charge in [0.2, 0.25) is 0 Å². The zero-order valence-corrected chi connectivity index (χ0v) is 17.8. The number of nitro groups is 1. The van der Waals surface area contributed by atoms with Crippen molar-refractivity contribution in [1.82, 2.24) is 14.0 Å². The number of benzene rings is 1. The second-order valence-electron chi connectivity index (χ2n) is 8.57. The summed E-state index contributed by atoms with van der Waals surface area (Å²) in [6.07, 6.45) is 2.85. The fraction of sp³-hybridized carbons (Fsp3) is 0.391. The van der Waals surface area contributed by atoms with Crippen LogP contribution in [-0.4, -0.2) is 51.7 Å². The largest absolute Gasteiger partial charge is 0.383 e. The molecule has 2 aromatic heterocycles. The summed E-state index contributed by atoms with van der Waals surface area (Å²) >= 11 is 0. The minimum absolute atomic E-state index is 0.00883. The van der Waals surface area contributed by atoms with Crippen LogP contribution in [0.4, 0.5) is 5.69 Å². The van der Waals surface area contributed by atoms with Gasteiger partial charge in [-0.05, 0) is 36.6 Å². The third-order valence-electron chi connectivity index (χ3n) is 6.65. The summed E-state index contributed by atoms with van der Waals surface area (Å²) < 4.78 is 8.80. The summed E-state index contributed by atoms with van der Waals surface area (Å²) in [5, 5.41) is 12.1. The number of piperidine rings is 1. The molecule has 1 saturated heterocycles. The Labute approximate surface area is 184 Å². The first-order valence-corrected chi connectivity index (χ1v) is 10.7. The molecular formula is C23H24N4O5. The van der Waals surface area contributed by atoms with Crippen LogP contribution in [0, 0.1) is 16.0 Å². The Morgan fingerprint density at radius 3 is 2.81 bits per heavy atom. The number of fused-ring (bicyclic) bond motifs is 5. The van der Waals surface area contributed by atoms with Gasteiger partial charge in [0.15, 0.2) is 0 Å². The molecule has 9 heteroatoms. The van der Waals surface area contributed by atoms with E-state index < -0.39 is 16.2 Å². The van der Waals surface area contributed by atoms with Crippen molar-refractivity contribution in [3.8, 4) is 0 Å². The lowest BCUT2D eigenvalue weighted by Crippen LogP contribution is -2.49. The average molecular weight is 436 g/mol. The number of carbonyl (C=O) groups excluding carboxylic acids is 1. The highest BCUT2D eigenvalue weighted by Gasteiger charge is 2.38. The van der Waals surface area contributed by atoms with E-state index in [2.05, 4.69) is 4.57 Å². The standard InChI is InChI=1S/C23H24N4O5/c1-32-10-9-24-8-7-17-18(3-2-4-20(17)24)22(28)25-12-15-11-16(14-25)19-5-6-21(27(30)31)23(29)26(19)13-15/h2-8,15-16H,9-14H2,1H3. The maximum atomic E-state index is 13.5. The molecular weight excluding hydrogens is 412 g/mol. The van der Waals surface area contributed by atoms with Crippen molar-refractivity contribution in [2.45, 2.75) is 25.4 Å². The van der Waals surface area contributed by atoms with Gasteiger partial charge >= 0.3 is 11.2 Å². The first-order valence-electron chi connectivity index (χ1n) is 10.7. The van der Waals surface area contributed by atoms with Crippen molar-refractivity contribution in [1.29, 1.82) is 0 Å². The van der Waals surface area contributed by atoms with Crippen molar-refractivity contribution in [2.24, 2.45) is 5.92 Å². The lowest BCUT2D eigenvalue weighted by molar-refractivity contribution is -0.386. The fourth-order valence-corrected chi connectivity index (χ4v) is 5.20. The molecule has 166 valence electrons. The van der Waals surface area contributed by atoms with E-state index in [4.69, 9.17) is 4.74 Å². The van der Waals surface area contributed by atoms with Crippen LogP contribution in [0.2, 0.25) is 0 Å². The molecule has 2 atom stereocenters. The van der Waals surface area contributed by atoms with Crippen molar-refractivity contribution < 1.29 is 14.5 Å². The molecule has 5 rings (SSSR count). The molecule has 0 N–H and O–H groups in total. The summed E-state index contributed by atoms with van der Waals surface area (Å²) in [5.74, 6) is 0.0633. The van der Waals surface area contributed by atoms with Gasteiger partial charge in [-0.15, -0.1) is 0 Å². The Morgan fingerprint density at radius 1 is 1.19 bits per heavy atom. The number of hydrogen-bond acceptors (Lipinski definition) is 5. The summed E-state index contributed by atoms with van der Waals surface area (Å²) in [4.78, 5) is 38.5. The number of likely N-dealkylation sites (tertiary alicyclic amines) is 1. The van der Waals surface area contributed by atoms with E-state index in [0.717, 1.165) is 23.0 Å². The Morgan fingerprint density at radius 2 is 2.03 bits per heavy atom. The maximum Gasteiger partial charge on any atom is 0.334 e. The molecule has 32 heavy (non-hydrogen) atoms. The molecule has 1 aromatic carbocycles. The van der Waals surface area contributed by atoms with Gasteiger partial charge in [0.25, 0.3) is 5.91 Å². The summed E-state index contributed by atoms with van der Waals surface area (Å²) in [6, 6.07) is 10.7. The first kappa shape index (κ1) is 20.4. The van der Waals surface area contributed by atoms with E-state index in [1.165, 1.54) is 10.6 Å². The second kappa shape index (κ2) is 7.90. The van der Waals surface area contributed by atoms with E-state index in [0.29, 0.717) is 38.3 Å². The van der Waals surface area contributed by atoms with Crippen LogP contribution in [0.3, 0.4) is 0 Å². The zero-order valence-electron chi connectivity index (χ0n) is 17.8. The monoisotopic (exact) mass is 436 g/mol. The van der Waals surface area contributed by atoms with Crippen LogP contribution in [0.15, 0.2) is 47.4 Å². The van der Waals surface area contributed by atoms with Crippen LogP contribution in [0.1, 0.15) is 28.4 Å². The molecule has 4 heterocycles. The van der Waals surface area contributed by atoms with Gasteiger partial charge in [0.1, 0.15) is 0 Å². The number of ether oxygens (including phenoxy) is 1. The van der Waals surface area contributed by atoms with Gasteiger partial charge in [-0.25, -0.2) is 0 Å². The van der Waals surface area contributed by atoms with Gasteiger partial charge in [-0.2, -0.15) is 0 Å². The molecule has 1 fully saturated rings. The van der Waals surface area contributed by atoms with Gasteiger partial charge in [0.05, 0.1) is 11.5 Å². The van der Waals surface area contributed by atoms with Gasteiger partial charge in [0, 0.05) is 73.6 Å². The van der Waals surface area contributed by atoms with Crippen molar-refractivity contribution in [3.05, 3.63) is 74.3 Å². The van der Waals surface area contributed by atoms with Gasteiger partial charge in [-0.1, -0.05) is 6.07 Å². The normalized spacial score (nSPS) is 19.7. The Hall–Kier alpha value is -3.46. The minimum Gasteiger partial charge on any atom is -0.383 e. The number of aromatic nitrogens is 2. The molecule has 0 saturated carbocycles. The van der Waals surface area contributed by atoms with E-state index in [-0.39, 0.29) is 17.7 Å². The number of methoxy groups -OCH3 is 1. The van der Waals surface area contributed by atoms with Crippen LogP contribution < -0.4 is 5.56 Å². The average Bonchev–Trinajstić information content (AvgIpc) is 3.20. The molecule has 1 amide bonds. The molecule has 2 unspecified atom stereocenters. The quantitative estimate of drug-likeness (QED) is 0.452. The molecule has 3 aromatic rings. The Kier molecular flexibility index (Phi) is 5.05. The SMILES string of the molecule is COCCn1ccc2c(C(=O)N3CC4CC(C3)c3ccc([N+](=O)[O-])c(=O)n3C4)cccc21. The molecule has 2 aliphatic heterocycles. The smallest absolute Gasteiger partial charge is 0.334 e. The highest BCUT2D eigenvalue weighted by atomic mass is 16.6.